The second-order valence-electron chi connectivity index (χ2n) is 6.09. The highest BCUT2D eigenvalue weighted by molar-refractivity contribution is 8.14. The molecule has 1 aliphatic heterocycles. The molecule has 22 heavy (non-hydrogen) atoms. The molecule has 0 aliphatic carbocycles. The van der Waals surface area contributed by atoms with Gasteiger partial charge in [-0.15, -0.1) is 0 Å². The summed E-state index contributed by atoms with van der Waals surface area (Å²) in [6, 6.07) is 7.15. The van der Waals surface area contributed by atoms with Gasteiger partial charge in [0.2, 0.25) is 0 Å². The number of hydrogen-bond donors (Lipinski definition) is 1. The Hall–Kier alpha value is -1.86. The summed E-state index contributed by atoms with van der Waals surface area (Å²) in [7, 11) is 1.54. The van der Waals surface area contributed by atoms with E-state index < -0.39 is 22.1 Å². The highest BCUT2D eigenvalue weighted by Gasteiger charge is 2.50. The average molecular weight is 323 g/mol. The molecular formula is C15H19N2O4S+. The minimum atomic E-state index is -0.681. The number of nitrogens with zero attached hydrogens (tertiary/aromatic N) is 1. The highest BCUT2D eigenvalue weighted by Crippen LogP contribution is 2.44. The van der Waals surface area contributed by atoms with E-state index in [1.807, 2.05) is 6.07 Å². The second-order valence-corrected chi connectivity index (χ2v) is 7.08. The monoisotopic (exact) mass is 323 g/mol. The molecule has 7 heteroatoms. The first kappa shape index (κ1) is 16.5. The number of carbonyl (C=O) groups is 3. The predicted molar refractivity (Wildman–Crippen MR) is 84.7 cm³/mol. The van der Waals surface area contributed by atoms with Crippen molar-refractivity contribution in [2.75, 3.05) is 13.6 Å². The van der Waals surface area contributed by atoms with Crippen molar-refractivity contribution in [3.05, 3.63) is 24.3 Å². The van der Waals surface area contributed by atoms with Crippen LogP contribution in [0.1, 0.15) is 20.8 Å². The van der Waals surface area contributed by atoms with Crippen LogP contribution in [0.3, 0.4) is 0 Å². The molecule has 3 amide bonds. The number of para-hydroxylation sites is 1. The Bertz CT molecular complexity index is 639. The van der Waals surface area contributed by atoms with Crippen LogP contribution in [-0.4, -0.2) is 36.4 Å². The highest BCUT2D eigenvalue weighted by atomic mass is 32.2. The molecular weight excluding hydrogens is 304 g/mol. The number of carbonyl (C=O) groups excluding carboxylic acids is 3. The molecule has 118 valence electrons. The molecule has 0 spiro atoms. The summed E-state index contributed by atoms with van der Waals surface area (Å²) in [5.41, 5.74) is -0.00849. The van der Waals surface area contributed by atoms with Crippen LogP contribution in [0.5, 0.6) is 0 Å². The largest absolute Gasteiger partial charge is 0.444 e. The molecule has 1 aromatic rings. The lowest BCUT2D eigenvalue weighted by molar-refractivity contribution is -0.125. The van der Waals surface area contributed by atoms with Crippen molar-refractivity contribution in [2.24, 2.45) is 0 Å². The molecule has 6 nitrogen and oxygen atoms in total. The van der Waals surface area contributed by atoms with Gasteiger partial charge >= 0.3 is 17.2 Å². The molecule has 1 heterocycles. The van der Waals surface area contributed by atoms with E-state index in [-0.39, 0.29) is 11.8 Å². The molecule has 0 aromatic heterocycles. The van der Waals surface area contributed by atoms with Gasteiger partial charge in [-0.05, 0) is 26.8 Å². The van der Waals surface area contributed by atoms with Gasteiger partial charge in [-0.25, -0.2) is 14.4 Å². The third kappa shape index (κ3) is 3.15. The number of ether oxygens (including phenoxy) is 1. The Balaban J connectivity index is 2.10. The maximum Gasteiger partial charge on any atom is 0.408 e. The Morgan fingerprint density at radius 2 is 1.91 bits per heavy atom. The van der Waals surface area contributed by atoms with Gasteiger partial charge in [0, 0.05) is 17.8 Å². The van der Waals surface area contributed by atoms with E-state index in [0.29, 0.717) is 5.69 Å². The van der Waals surface area contributed by atoms with Crippen molar-refractivity contribution in [3.63, 3.8) is 0 Å². The van der Waals surface area contributed by atoms with Crippen molar-refractivity contribution < 1.29 is 19.1 Å². The van der Waals surface area contributed by atoms with Gasteiger partial charge < -0.3 is 10.1 Å². The summed E-state index contributed by atoms with van der Waals surface area (Å²) in [5, 5.41) is 2.12. The van der Waals surface area contributed by atoms with Crippen molar-refractivity contribution in [2.45, 2.75) is 31.3 Å². The van der Waals surface area contributed by atoms with Crippen LogP contribution in [-0.2, 0) is 9.53 Å². The van der Waals surface area contributed by atoms with E-state index >= 15 is 0 Å². The van der Waals surface area contributed by atoms with E-state index in [1.165, 1.54) is 0 Å². The summed E-state index contributed by atoms with van der Waals surface area (Å²) in [6.45, 7) is 4.93. The van der Waals surface area contributed by atoms with Crippen molar-refractivity contribution in [1.82, 2.24) is 9.80 Å². The molecule has 0 fully saturated rings. The van der Waals surface area contributed by atoms with Crippen LogP contribution in [0.4, 0.5) is 15.3 Å². The van der Waals surface area contributed by atoms with Crippen LogP contribution in [0.25, 0.3) is 0 Å². The molecule has 2 rings (SSSR count). The van der Waals surface area contributed by atoms with Gasteiger partial charge in [0.25, 0.3) is 0 Å². The number of quaternary nitrogens is 1. The van der Waals surface area contributed by atoms with Crippen LogP contribution < -0.4 is 9.80 Å². The number of hydrogen-bond acceptors (Lipinski definition) is 5. The number of benzene rings is 1. The van der Waals surface area contributed by atoms with Crippen molar-refractivity contribution in [1.29, 1.82) is 0 Å². The second kappa shape index (κ2) is 5.73. The molecule has 0 radical (unpaired) electrons. The third-order valence-corrected chi connectivity index (χ3v) is 4.30. The Morgan fingerprint density at radius 1 is 1.27 bits per heavy atom. The lowest BCUT2D eigenvalue weighted by Gasteiger charge is -2.24. The molecule has 1 aliphatic rings. The molecule has 1 N–H and O–H groups in total. The number of likely N-dealkylation sites (N-methyl/N-ethyl adjacent to an activating group) is 1. The fourth-order valence-electron chi connectivity index (χ4n) is 2.05. The number of amides is 3. The summed E-state index contributed by atoms with van der Waals surface area (Å²) < 4.78 is 4.62. The van der Waals surface area contributed by atoms with E-state index in [0.717, 1.165) is 16.7 Å². The van der Waals surface area contributed by atoms with E-state index in [2.05, 4.69) is 5.32 Å². The number of imide groups is 1. The van der Waals surface area contributed by atoms with Crippen LogP contribution in [0, 0.1) is 0 Å². The quantitative estimate of drug-likeness (QED) is 0.847. The number of thioether (sulfide) groups is 1. The fourth-order valence-corrected chi connectivity index (χ4v) is 3.13. The van der Waals surface area contributed by atoms with Crippen molar-refractivity contribution in [3.8, 4) is 0 Å². The standard InChI is InChI=1S/C15H18N2O4S/c1-15(2,3)21-13(19)16-9-12(18)17(4)10-7-5-6-8-11(10)22-14(17)20/h5-8H,9H2,1-4H3/p+1. The summed E-state index contributed by atoms with van der Waals surface area (Å²) in [5.74, 6) is -0.409. The Morgan fingerprint density at radius 3 is 2.55 bits per heavy atom. The van der Waals surface area contributed by atoms with Gasteiger partial charge in [-0.3, -0.25) is 0 Å². The van der Waals surface area contributed by atoms with Gasteiger partial charge in [0.05, 0.1) is 11.9 Å². The van der Waals surface area contributed by atoms with Crippen LogP contribution in [0.15, 0.2) is 29.2 Å². The van der Waals surface area contributed by atoms with E-state index in [4.69, 9.17) is 4.74 Å². The molecule has 1 atom stereocenters. The normalized spacial score (nSPS) is 20.5. The molecule has 0 bridgehead atoms. The summed E-state index contributed by atoms with van der Waals surface area (Å²) in [4.78, 5) is 37.1. The molecule has 1 unspecified atom stereocenters. The van der Waals surface area contributed by atoms with Crippen LogP contribution >= 0.6 is 11.8 Å². The van der Waals surface area contributed by atoms with Gasteiger partial charge in [0.1, 0.15) is 12.1 Å². The first-order valence-electron chi connectivity index (χ1n) is 6.83. The third-order valence-electron chi connectivity index (χ3n) is 3.19. The number of rotatable bonds is 2. The van der Waals surface area contributed by atoms with Gasteiger partial charge in [-0.1, -0.05) is 12.1 Å². The van der Waals surface area contributed by atoms with Crippen LogP contribution in [0.2, 0.25) is 0 Å². The first-order valence-corrected chi connectivity index (χ1v) is 7.65. The molecule has 0 saturated heterocycles. The number of nitrogens with one attached hydrogen (secondary N) is 1. The lowest BCUT2D eigenvalue weighted by Crippen LogP contribution is -2.55. The van der Waals surface area contributed by atoms with Crippen molar-refractivity contribution >= 4 is 34.7 Å². The SMILES string of the molecule is CC(C)(C)OC(=O)NCC(=O)[N+]1(C)C(=O)Sc2ccccc21. The summed E-state index contributed by atoms with van der Waals surface area (Å²) in [6.07, 6.45) is -0.681. The number of alkyl carbamates (subject to hydrolysis) is 1. The zero-order chi connectivity index (χ0) is 16.5. The zero-order valence-electron chi connectivity index (χ0n) is 13.0. The van der Waals surface area contributed by atoms with Gasteiger partial charge in [-0.2, -0.15) is 4.48 Å². The molecule has 1 aromatic carbocycles. The van der Waals surface area contributed by atoms with E-state index in [9.17, 15) is 14.4 Å². The number of fused-ring (bicyclic) bond motifs is 1. The maximum atomic E-state index is 12.5. The first-order chi connectivity index (χ1) is 10.1. The topological polar surface area (TPSA) is 72.5 Å². The fraction of sp³-hybridized carbons (Fsp3) is 0.400. The minimum absolute atomic E-state index is 0.272. The maximum absolute atomic E-state index is 12.5. The van der Waals surface area contributed by atoms with E-state index in [1.54, 1.807) is 46.0 Å². The minimum Gasteiger partial charge on any atom is -0.444 e. The lowest BCUT2D eigenvalue weighted by atomic mass is 10.2. The average Bonchev–Trinajstić information content (AvgIpc) is 2.67. The zero-order valence-corrected chi connectivity index (χ0v) is 13.8. The molecule has 0 saturated carbocycles. The van der Waals surface area contributed by atoms with Gasteiger partial charge in [0.15, 0.2) is 5.69 Å². The Labute approximate surface area is 133 Å². The Kier molecular flexibility index (Phi) is 4.30. The predicted octanol–water partition coefficient (Wildman–Crippen LogP) is 2.90. The smallest absolute Gasteiger partial charge is 0.408 e. The summed E-state index contributed by atoms with van der Waals surface area (Å²) >= 11 is 1.04.